The van der Waals surface area contributed by atoms with Crippen molar-refractivity contribution in [2.45, 2.75) is 23.8 Å². The van der Waals surface area contributed by atoms with Crippen molar-refractivity contribution < 1.29 is 22.7 Å². The Morgan fingerprint density at radius 3 is 3.00 bits per heavy atom. The van der Waals surface area contributed by atoms with Gasteiger partial charge in [-0.3, -0.25) is 0 Å². The Balaban J connectivity index is 1.84. The van der Waals surface area contributed by atoms with Crippen LogP contribution in [0, 0.1) is 0 Å². The van der Waals surface area contributed by atoms with Gasteiger partial charge in [0, 0.05) is 13.7 Å². The van der Waals surface area contributed by atoms with Crippen LogP contribution >= 0.6 is 22.9 Å². The molecule has 0 aromatic carbocycles. The standard InChI is InChI=1S/C17H19ClN4O5S2/c1-22-16(19)21-17(6-3-7-27-15(17)29(22,24)25)13-9(18)8-12(28-13)10-4-5-11(20-10)14(23)26-2/h4-5,8,15,20H,3,6-7H2,1-2H3,(H2,19,21). The van der Waals surface area contributed by atoms with E-state index in [1.54, 1.807) is 18.2 Å². The Labute approximate surface area is 176 Å². The van der Waals surface area contributed by atoms with E-state index < -0.39 is 27.0 Å². The summed E-state index contributed by atoms with van der Waals surface area (Å²) in [4.78, 5) is 20.5. The molecule has 12 heteroatoms. The minimum atomic E-state index is -3.87. The molecule has 0 aliphatic carbocycles. The number of esters is 1. The van der Waals surface area contributed by atoms with Gasteiger partial charge in [-0.05, 0) is 31.0 Å². The third kappa shape index (κ3) is 3.03. The van der Waals surface area contributed by atoms with Gasteiger partial charge in [-0.1, -0.05) is 11.6 Å². The lowest BCUT2D eigenvalue weighted by molar-refractivity contribution is 0.00334. The molecule has 1 saturated heterocycles. The predicted octanol–water partition coefficient (Wildman–Crippen LogP) is 2.10. The number of hydrogen-bond acceptors (Lipinski definition) is 8. The normalized spacial score (nSPS) is 26.0. The molecule has 1 fully saturated rings. The summed E-state index contributed by atoms with van der Waals surface area (Å²) in [5.74, 6) is -0.595. The zero-order valence-corrected chi connectivity index (χ0v) is 18.0. The third-order valence-corrected chi connectivity index (χ3v) is 8.85. The fourth-order valence-corrected chi connectivity index (χ4v) is 6.99. The van der Waals surface area contributed by atoms with Crippen molar-refractivity contribution in [3.8, 4) is 10.6 Å². The van der Waals surface area contributed by atoms with Gasteiger partial charge in [0.05, 0.1) is 27.6 Å². The number of carbonyl (C=O) groups excluding carboxylic acids is 1. The number of guanidine groups is 1. The van der Waals surface area contributed by atoms with E-state index in [2.05, 4.69) is 9.98 Å². The van der Waals surface area contributed by atoms with Crippen LogP contribution in [0.3, 0.4) is 0 Å². The number of thiophene rings is 1. The number of hydrogen-bond donors (Lipinski definition) is 2. The molecule has 2 aliphatic heterocycles. The SMILES string of the molecule is COC(=O)c1ccc(-c2cc(Cl)c(C34CCCOC3S(=O)(=O)N(C)C(N)=N4)s2)[nH]1. The molecule has 2 aromatic heterocycles. The van der Waals surface area contributed by atoms with Crippen molar-refractivity contribution in [3.05, 3.63) is 33.8 Å². The molecule has 4 heterocycles. The molecular weight excluding hydrogens is 440 g/mol. The average Bonchev–Trinajstić information content (AvgIpc) is 3.33. The number of methoxy groups -OCH3 is 1. The molecule has 0 amide bonds. The zero-order valence-electron chi connectivity index (χ0n) is 15.6. The van der Waals surface area contributed by atoms with E-state index in [4.69, 9.17) is 26.8 Å². The molecule has 156 valence electrons. The molecular formula is C17H19ClN4O5S2. The van der Waals surface area contributed by atoms with Crippen molar-refractivity contribution >= 4 is 44.9 Å². The van der Waals surface area contributed by atoms with Crippen molar-refractivity contribution in [2.24, 2.45) is 10.7 Å². The lowest BCUT2D eigenvalue weighted by atomic mass is 9.91. The number of nitrogens with two attached hydrogens (primary N) is 1. The number of nitrogens with zero attached hydrogens (tertiary/aromatic N) is 2. The first kappa shape index (κ1) is 20.2. The second-order valence-electron chi connectivity index (χ2n) is 6.78. The Morgan fingerprint density at radius 1 is 1.52 bits per heavy atom. The van der Waals surface area contributed by atoms with Crippen molar-refractivity contribution in [2.75, 3.05) is 20.8 Å². The van der Waals surface area contributed by atoms with Crippen LogP contribution in [0.25, 0.3) is 10.6 Å². The average molecular weight is 459 g/mol. The first-order chi connectivity index (χ1) is 13.7. The molecule has 4 rings (SSSR count). The first-order valence-electron chi connectivity index (χ1n) is 8.73. The maximum atomic E-state index is 13.0. The lowest BCUT2D eigenvalue weighted by Crippen LogP contribution is -2.59. The maximum absolute atomic E-state index is 13.0. The third-order valence-electron chi connectivity index (χ3n) is 5.09. The molecule has 3 N–H and O–H groups in total. The number of nitrogens with one attached hydrogen (secondary N) is 1. The summed E-state index contributed by atoms with van der Waals surface area (Å²) >= 11 is 7.84. The molecule has 0 saturated carbocycles. The van der Waals surface area contributed by atoms with Gasteiger partial charge in [-0.25, -0.2) is 22.5 Å². The monoisotopic (exact) mass is 458 g/mol. The highest BCUT2D eigenvalue weighted by molar-refractivity contribution is 7.90. The Bertz CT molecular complexity index is 1110. The Hall–Kier alpha value is -2.08. The van der Waals surface area contributed by atoms with Crippen molar-refractivity contribution in [3.63, 3.8) is 0 Å². The number of ether oxygens (including phenoxy) is 2. The topological polar surface area (TPSA) is 127 Å². The summed E-state index contributed by atoms with van der Waals surface area (Å²) in [6.07, 6.45) is 1.05. The van der Waals surface area contributed by atoms with Gasteiger partial charge in [-0.15, -0.1) is 11.3 Å². The number of H-pyrrole nitrogens is 1. The highest BCUT2D eigenvalue weighted by atomic mass is 35.5. The molecule has 9 nitrogen and oxygen atoms in total. The summed E-state index contributed by atoms with van der Waals surface area (Å²) in [6, 6.07) is 5.05. The summed E-state index contributed by atoms with van der Waals surface area (Å²) in [5.41, 5.74) is 4.48. The van der Waals surface area contributed by atoms with Gasteiger partial charge in [-0.2, -0.15) is 0 Å². The largest absolute Gasteiger partial charge is 0.464 e. The lowest BCUT2D eigenvalue weighted by Gasteiger charge is -2.44. The fraction of sp³-hybridized carbons (Fsp3) is 0.412. The van der Waals surface area contributed by atoms with Gasteiger partial charge in [0.25, 0.3) is 10.0 Å². The molecule has 0 bridgehead atoms. The summed E-state index contributed by atoms with van der Waals surface area (Å²) < 4.78 is 37.3. The predicted molar refractivity (Wildman–Crippen MR) is 109 cm³/mol. The van der Waals surface area contributed by atoms with Crippen LogP contribution < -0.4 is 5.73 Å². The number of aromatic nitrogens is 1. The second kappa shape index (κ2) is 7.01. The number of rotatable bonds is 3. The van der Waals surface area contributed by atoms with Crippen molar-refractivity contribution in [1.82, 2.24) is 9.29 Å². The van der Waals surface area contributed by atoms with E-state index >= 15 is 0 Å². The first-order valence-corrected chi connectivity index (χ1v) is 11.4. The molecule has 2 aliphatic rings. The molecule has 0 radical (unpaired) electrons. The molecule has 2 unspecified atom stereocenters. The number of sulfonamides is 1. The van der Waals surface area contributed by atoms with Gasteiger partial charge in [0.15, 0.2) is 0 Å². The number of fused-ring (bicyclic) bond motifs is 1. The highest BCUT2D eigenvalue weighted by Gasteiger charge is 2.57. The fourth-order valence-electron chi connectivity index (χ4n) is 3.61. The van der Waals surface area contributed by atoms with E-state index in [0.29, 0.717) is 40.7 Å². The number of carbonyl (C=O) groups is 1. The van der Waals surface area contributed by atoms with Crippen molar-refractivity contribution in [1.29, 1.82) is 0 Å². The Kier molecular flexibility index (Phi) is 4.88. The van der Waals surface area contributed by atoms with Crippen LogP contribution in [0.1, 0.15) is 28.2 Å². The maximum Gasteiger partial charge on any atom is 0.354 e. The minimum Gasteiger partial charge on any atom is -0.464 e. The van der Waals surface area contributed by atoms with Crippen LogP contribution in [0.4, 0.5) is 0 Å². The van der Waals surface area contributed by atoms with Gasteiger partial charge < -0.3 is 20.2 Å². The quantitative estimate of drug-likeness (QED) is 0.678. The highest BCUT2D eigenvalue weighted by Crippen LogP contribution is 2.51. The van der Waals surface area contributed by atoms with Crippen LogP contribution in [0.15, 0.2) is 23.2 Å². The molecule has 29 heavy (non-hydrogen) atoms. The second-order valence-corrected chi connectivity index (χ2v) is 10.2. The smallest absolute Gasteiger partial charge is 0.354 e. The van der Waals surface area contributed by atoms with E-state index in [1.807, 2.05) is 0 Å². The van der Waals surface area contributed by atoms with Crippen LogP contribution in [0.5, 0.6) is 0 Å². The van der Waals surface area contributed by atoms with Crippen LogP contribution in [-0.4, -0.2) is 55.8 Å². The molecule has 0 spiro atoms. The number of aromatic amines is 1. The Morgan fingerprint density at radius 2 is 2.28 bits per heavy atom. The van der Waals surface area contributed by atoms with Gasteiger partial charge >= 0.3 is 5.97 Å². The van der Waals surface area contributed by atoms with Crippen LogP contribution in [0.2, 0.25) is 5.02 Å². The minimum absolute atomic E-state index is 0.106. The summed E-state index contributed by atoms with van der Waals surface area (Å²) in [7, 11) is -1.21. The van der Waals surface area contributed by atoms with E-state index in [-0.39, 0.29) is 5.96 Å². The summed E-state index contributed by atoms with van der Waals surface area (Å²) in [6.45, 7) is 0.309. The summed E-state index contributed by atoms with van der Waals surface area (Å²) in [5, 5.41) is 0.367. The number of aliphatic imine (C=N–C) groups is 1. The number of halogens is 1. The molecule has 2 atom stereocenters. The van der Waals surface area contributed by atoms with Gasteiger partial charge in [0.2, 0.25) is 11.4 Å². The van der Waals surface area contributed by atoms with E-state index in [0.717, 1.165) is 9.18 Å². The van der Waals surface area contributed by atoms with Gasteiger partial charge in [0.1, 0.15) is 11.2 Å². The van der Waals surface area contributed by atoms with E-state index in [9.17, 15) is 13.2 Å². The molecule has 2 aromatic rings. The zero-order chi connectivity index (χ0) is 21.0. The van der Waals surface area contributed by atoms with E-state index in [1.165, 1.54) is 25.5 Å². The van der Waals surface area contributed by atoms with Crippen LogP contribution in [-0.2, 0) is 25.0 Å².